The molecule has 0 aliphatic carbocycles. The van der Waals surface area contributed by atoms with Gasteiger partial charge in [0.1, 0.15) is 5.75 Å². The summed E-state index contributed by atoms with van der Waals surface area (Å²) in [5.41, 5.74) is 2.72. The first kappa shape index (κ1) is 21.4. The van der Waals surface area contributed by atoms with E-state index in [1.807, 2.05) is 77.7 Å². The highest BCUT2D eigenvalue weighted by Crippen LogP contribution is 2.29. The Balaban J connectivity index is 1.53. The second-order valence-electron chi connectivity index (χ2n) is 7.84. The molecule has 1 fully saturated rings. The molecular formula is C26H27ClN2O2. The molecular weight excluding hydrogens is 408 g/mol. The molecule has 0 unspecified atom stereocenters. The first-order chi connectivity index (χ1) is 15.2. The van der Waals surface area contributed by atoms with Crippen molar-refractivity contribution >= 4 is 23.2 Å². The van der Waals surface area contributed by atoms with Crippen LogP contribution in [0.2, 0.25) is 5.02 Å². The summed E-state index contributed by atoms with van der Waals surface area (Å²) in [6.45, 7) is 2.66. The number of carbonyl (C=O) groups is 1. The van der Waals surface area contributed by atoms with Gasteiger partial charge in [-0.2, -0.15) is 0 Å². The minimum atomic E-state index is 0.0263. The lowest BCUT2D eigenvalue weighted by Crippen LogP contribution is -2.47. The van der Waals surface area contributed by atoms with Gasteiger partial charge in [-0.1, -0.05) is 54.1 Å². The number of hydrogen-bond acceptors (Lipinski definition) is 3. The van der Waals surface area contributed by atoms with Crippen molar-refractivity contribution < 1.29 is 9.53 Å². The fraction of sp³-hybridized carbons (Fsp3) is 0.269. The van der Waals surface area contributed by atoms with E-state index in [0.29, 0.717) is 5.56 Å². The smallest absolute Gasteiger partial charge is 0.258 e. The number of halogens is 1. The summed E-state index contributed by atoms with van der Waals surface area (Å²) in [4.78, 5) is 17.9. The molecule has 1 aliphatic heterocycles. The molecule has 0 spiro atoms. The summed E-state index contributed by atoms with van der Waals surface area (Å²) in [6.07, 6.45) is 1.81. The van der Waals surface area contributed by atoms with Crippen LogP contribution in [0.1, 0.15) is 28.8 Å². The molecule has 1 amide bonds. The zero-order valence-corrected chi connectivity index (χ0v) is 18.5. The molecule has 5 heteroatoms. The molecule has 1 saturated heterocycles. The van der Waals surface area contributed by atoms with E-state index in [9.17, 15) is 4.79 Å². The average molecular weight is 435 g/mol. The molecule has 0 atom stereocenters. The molecule has 4 rings (SSSR count). The molecule has 0 aromatic heterocycles. The fourth-order valence-electron chi connectivity index (χ4n) is 4.18. The number of carbonyl (C=O) groups excluding carboxylic acids is 1. The topological polar surface area (TPSA) is 32.8 Å². The molecule has 0 radical (unpaired) electrons. The van der Waals surface area contributed by atoms with Gasteiger partial charge in [0, 0.05) is 48.0 Å². The number of benzene rings is 3. The number of anilines is 1. The van der Waals surface area contributed by atoms with Crippen molar-refractivity contribution in [2.24, 2.45) is 0 Å². The van der Waals surface area contributed by atoms with Crippen LogP contribution in [-0.4, -0.2) is 37.0 Å². The summed E-state index contributed by atoms with van der Waals surface area (Å²) in [5, 5.41) is 0.807. The largest absolute Gasteiger partial charge is 0.497 e. The number of likely N-dealkylation sites (tertiary alicyclic amines) is 1. The number of methoxy groups -OCH3 is 1. The first-order valence-corrected chi connectivity index (χ1v) is 11.0. The van der Waals surface area contributed by atoms with Gasteiger partial charge in [-0.05, 0) is 48.7 Å². The van der Waals surface area contributed by atoms with Gasteiger partial charge >= 0.3 is 0 Å². The highest BCUT2D eigenvalue weighted by Gasteiger charge is 2.30. The Morgan fingerprint density at radius 1 is 1.00 bits per heavy atom. The van der Waals surface area contributed by atoms with Crippen molar-refractivity contribution in [1.29, 1.82) is 0 Å². The predicted molar refractivity (Wildman–Crippen MR) is 126 cm³/mol. The maximum atomic E-state index is 13.5. The molecule has 0 N–H and O–H groups in total. The van der Waals surface area contributed by atoms with Crippen LogP contribution in [0, 0.1) is 0 Å². The van der Waals surface area contributed by atoms with E-state index < -0.39 is 0 Å². The first-order valence-electron chi connectivity index (χ1n) is 10.6. The third-order valence-electron chi connectivity index (χ3n) is 5.85. The van der Waals surface area contributed by atoms with Gasteiger partial charge in [0.2, 0.25) is 0 Å². The Morgan fingerprint density at radius 2 is 1.71 bits per heavy atom. The van der Waals surface area contributed by atoms with Crippen LogP contribution in [0.4, 0.5) is 5.69 Å². The number of nitrogens with zero attached hydrogens (tertiary/aromatic N) is 2. The van der Waals surface area contributed by atoms with Gasteiger partial charge in [-0.15, -0.1) is 0 Å². The van der Waals surface area contributed by atoms with Crippen molar-refractivity contribution in [3.05, 3.63) is 95.0 Å². The summed E-state index contributed by atoms with van der Waals surface area (Å²) < 4.78 is 5.41. The van der Waals surface area contributed by atoms with Crippen molar-refractivity contribution in [2.45, 2.75) is 25.4 Å². The highest BCUT2D eigenvalue weighted by atomic mass is 35.5. The number of rotatable bonds is 6. The van der Waals surface area contributed by atoms with Crippen LogP contribution in [0.3, 0.4) is 0 Å². The second kappa shape index (κ2) is 9.99. The molecule has 160 valence electrons. The molecule has 0 saturated carbocycles. The van der Waals surface area contributed by atoms with Crippen LogP contribution in [-0.2, 0) is 6.54 Å². The minimum Gasteiger partial charge on any atom is -0.497 e. The Bertz CT molecular complexity index is 1020. The zero-order valence-electron chi connectivity index (χ0n) is 17.7. The summed E-state index contributed by atoms with van der Waals surface area (Å²) in [7, 11) is 1.65. The molecule has 4 nitrogen and oxygen atoms in total. The summed E-state index contributed by atoms with van der Waals surface area (Å²) >= 11 is 6.35. The minimum absolute atomic E-state index is 0.0263. The standard InChI is InChI=1S/C26H27ClN2O2/c1-31-24-12-7-11-23(18-24)29(26(30)20-8-3-2-4-9-20)22-14-16-28(17-15-22)19-21-10-5-6-13-25(21)27/h2-13,18,22H,14-17,19H2,1H3. The van der Waals surface area contributed by atoms with Crippen molar-refractivity contribution in [2.75, 3.05) is 25.1 Å². The van der Waals surface area contributed by atoms with E-state index in [4.69, 9.17) is 16.3 Å². The molecule has 3 aromatic rings. The van der Waals surface area contributed by atoms with E-state index in [2.05, 4.69) is 11.0 Å². The highest BCUT2D eigenvalue weighted by molar-refractivity contribution is 6.31. The quantitative estimate of drug-likeness (QED) is 0.501. The predicted octanol–water partition coefficient (Wildman–Crippen LogP) is 5.66. The van der Waals surface area contributed by atoms with Gasteiger partial charge in [-0.25, -0.2) is 0 Å². The Morgan fingerprint density at radius 3 is 2.42 bits per heavy atom. The van der Waals surface area contributed by atoms with E-state index >= 15 is 0 Å². The lowest BCUT2D eigenvalue weighted by molar-refractivity contribution is 0.0958. The maximum Gasteiger partial charge on any atom is 0.258 e. The Kier molecular flexibility index (Phi) is 6.90. The van der Waals surface area contributed by atoms with E-state index in [1.165, 1.54) is 0 Å². The third kappa shape index (κ3) is 5.09. The number of amides is 1. The van der Waals surface area contributed by atoms with Crippen LogP contribution in [0.5, 0.6) is 5.75 Å². The van der Waals surface area contributed by atoms with E-state index in [-0.39, 0.29) is 11.9 Å². The SMILES string of the molecule is COc1cccc(N(C(=O)c2ccccc2)C2CCN(Cc3ccccc3Cl)CC2)c1. The summed E-state index contributed by atoms with van der Waals surface area (Å²) in [5.74, 6) is 0.776. The third-order valence-corrected chi connectivity index (χ3v) is 6.21. The van der Waals surface area contributed by atoms with Crippen LogP contribution < -0.4 is 9.64 Å². The van der Waals surface area contributed by atoms with Gasteiger partial charge in [0.25, 0.3) is 5.91 Å². The van der Waals surface area contributed by atoms with Gasteiger partial charge in [0.05, 0.1) is 7.11 Å². The summed E-state index contributed by atoms with van der Waals surface area (Å²) in [6, 6.07) is 25.4. The zero-order chi connectivity index (χ0) is 21.6. The number of ether oxygens (including phenoxy) is 1. The lowest BCUT2D eigenvalue weighted by Gasteiger charge is -2.39. The van der Waals surface area contributed by atoms with Crippen molar-refractivity contribution in [3.8, 4) is 5.75 Å². The van der Waals surface area contributed by atoms with Crippen LogP contribution in [0.25, 0.3) is 0 Å². The van der Waals surface area contributed by atoms with Crippen LogP contribution >= 0.6 is 11.6 Å². The number of hydrogen-bond donors (Lipinski definition) is 0. The molecule has 1 heterocycles. The Hall–Kier alpha value is -2.82. The van der Waals surface area contributed by atoms with Gasteiger partial charge < -0.3 is 9.64 Å². The van der Waals surface area contributed by atoms with Gasteiger partial charge in [-0.3, -0.25) is 9.69 Å². The van der Waals surface area contributed by atoms with E-state index in [0.717, 1.165) is 54.5 Å². The monoisotopic (exact) mass is 434 g/mol. The van der Waals surface area contributed by atoms with Crippen molar-refractivity contribution in [1.82, 2.24) is 4.90 Å². The molecule has 1 aliphatic rings. The second-order valence-corrected chi connectivity index (χ2v) is 8.25. The normalized spacial score (nSPS) is 14.9. The lowest BCUT2D eigenvalue weighted by atomic mass is 10.00. The fourth-order valence-corrected chi connectivity index (χ4v) is 4.37. The van der Waals surface area contributed by atoms with Crippen LogP contribution in [0.15, 0.2) is 78.9 Å². The maximum absolute atomic E-state index is 13.5. The molecule has 0 bridgehead atoms. The van der Waals surface area contributed by atoms with E-state index in [1.54, 1.807) is 7.11 Å². The average Bonchev–Trinajstić information content (AvgIpc) is 2.82. The molecule has 3 aromatic carbocycles. The van der Waals surface area contributed by atoms with Crippen molar-refractivity contribution in [3.63, 3.8) is 0 Å². The molecule has 31 heavy (non-hydrogen) atoms. The van der Waals surface area contributed by atoms with Gasteiger partial charge in [0.15, 0.2) is 0 Å². The number of piperidine rings is 1. The Labute approximate surface area is 189 Å².